The zero-order valence-corrected chi connectivity index (χ0v) is 29.7. The second kappa shape index (κ2) is 24.6. The van der Waals surface area contributed by atoms with Crippen molar-refractivity contribution in [3.05, 3.63) is 95.6 Å². The average molecular weight is 770 g/mol. The first kappa shape index (κ1) is 46.5. The molecule has 3 aromatic rings. The number of nitrogens with one attached hydrogen (secondary N) is 3. The molecule has 0 bridgehead atoms. The van der Waals surface area contributed by atoms with E-state index in [0.717, 1.165) is 27.8 Å². The third-order valence-corrected chi connectivity index (χ3v) is 7.43. The van der Waals surface area contributed by atoms with E-state index >= 15 is 0 Å². The maximum absolute atomic E-state index is 12.3. The van der Waals surface area contributed by atoms with Gasteiger partial charge in [-0.3, -0.25) is 24.6 Å². The van der Waals surface area contributed by atoms with Crippen molar-refractivity contribution in [2.75, 3.05) is 19.7 Å². The zero-order valence-electron chi connectivity index (χ0n) is 29.7. The Hall–Kier alpha value is -6.57. The van der Waals surface area contributed by atoms with Gasteiger partial charge < -0.3 is 63.8 Å². The molecule has 0 aromatic heterocycles. The van der Waals surface area contributed by atoms with E-state index in [9.17, 15) is 33.9 Å². The first-order chi connectivity index (χ1) is 26.0. The van der Waals surface area contributed by atoms with Gasteiger partial charge in [0, 0.05) is 18.9 Å². The van der Waals surface area contributed by atoms with Gasteiger partial charge in [0.1, 0.15) is 24.7 Å². The Morgan fingerprint density at radius 1 is 0.727 bits per heavy atom. The summed E-state index contributed by atoms with van der Waals surface area (Å²) in [6, 6.07) is 22.2. The van der Waals surface area contributed by atoms with Crippen LogP contribution >= 0.6 is 0 Å². The number of fused-ring (bicyclic) bond motifs is 3. The van der Waals surface area contributed by atoms with Crippen LogP contribution in [-0.4, -0.2) is 105 Å². The molecule has 4 rings (SSSR count). The summed E-state index contributed by atoms with van der Waals surface area (Å²) >= 11 is 0. The number of carbonyl (C=O) groups excluding carboxylic acids is 1. The SMILES string of the molecule is N=C(N)NCCCC(N)C(=O)O.NC(CC(=O)O)C(=O)O.NCC(=O)O.O=C(NC(Cc1ccccc1)C(=O)O)OCC1c2ccccc2-c2ccccc21. The number of carbonyl (C=O) groups is 6. The number of hydrogen-bond acceptors (Lipinski definition) is 11. The van der Waals surface area contributed by atoms with Crippen LogP contribution in [0.3, 0.4) is 0 Å². The zero-order chi connectivity index (χ0) is 41.5. The molecule has 0 heterocycles. The molecule has 0 fully saturated rings. The normalized spacial score (nSPS) is 12.3. The van der Waals surface area contributed by atoms with E-state index in [4.69, 9.17) is 47.8 Å². The molecule has 0 saturated carbocycles. The number of ether oxygens (including phenoxy) is 1. The van der Waals surface area contributed by atoms with E-state index in [0.29, 0.717) is 19.4 Å². The topological polar surface area (TPSA) is 365 Å². The number of alkyl carbamates (subject to hydrolysis) is 1. The summed E-state index contributed by atoms with van der Waals surface area (Å²) in [6.07, 6.45) is -0.0894. The Balaban J connectivity index is 0.000000479. The van der Waals surface area contributed by atoms with Crippen LogP contribution in [0.1, 0.15) is 41.9 Å². The van der Waals surface area contributed by atoms with E-state index in [-0.39, 0.29) is 31.4 Å². The lowest BCUT2D eigenvalue weighted by Crippen LogP contribution is -2.42. The van der Waals surface area contributed by atoms with Gasteiger partial charge in [-0.05, 0) is 40.7 Å². The number of hydrogen-bond donors (Lipinski definition) is 12. The Bertz CT molecular complexity index is 1700. The van der Waals surface area contributed by atoms with E-state index in [2.05, 4.69) is 28.5 Å². The van der Waals surface area contributed by atoms with Gasteiger partial charge in [0.2, 0.25) is 0 Å². The molecule has 3 aromatic carbocycles. The molecule has 0 radical (unpaired) electrons. The summed E-state index contributed by atoms with van der Waals surface area (Å²) in [4.78, 5) is 63.0. The van der Waals surface area contributed by atoms with Crippen LogP contribution in [0.5, 0.6) is 0 Å². The second-order valence-electron chi connectivity index (χ2n) is 11.6. The molecule has 16 N–H and O–H groups in total. The predicted octanol–water partition coefficient (Wildman–Crippen LogP) is 0.785. The molecule has 0 spiro atoms. The van der Waals surface area contributed by atoms with E-state index < -0.39 is 60.5 Å². The largest absolute Gasteiger partial charge is 0.481 e. The number of amides is 1. The van der Waals surface area contributed by atoms with Crippen molar-refractivity contribution in [2.24, 2.45) is 22.9 Å². The highest BCUT2D eigenvalue weighted by Gasteiger charge is 2.30. The Morgan fingerprint density at radius 2 is 1.22 bits per heavy atom. The van der Waals surface area contributed by atoms with Crippen molar-refractivity contribution in [3.63, 3.8) is 0 Å². The number of guanidine groups is 1. The third-order valence-electron chi connectivity index (χ3n) is 7.43. The van der Waals surface area contributed by atoms with Gasteiger partial charge >= 0.3 is 35.9 Å². The lowest BCUT2D eigenvalue weighted by atomic mass is 9.98. The number of rotatable bonds is 15. The maximum Gasteiger partial charge on any atom is 0.407 e. The van der Waals surface area contributed by atoms with Gasteiger partial charge in [-0.25, -0.2) is 9.59 Å². The molecular weight excluding hydrogens is 722 g/mol. The van der Waals surface area contributed by atoms with Crippen LogP contribution in [0.4, 0.5) is 4.79 Å². The smallest absolute Gasteiger partial charge is 0.407 e. The highest BCUT2D eigenvalue weighted by atomic mass is 16.5. The first-order valence-electron chi connectivity index (χ1n) is 16.5. The molecular formula is C36H47N7O12. The predicted molar refractivity (Wildman–Crippen MR) is 199 cm³/mol. The monoisotopic (exact) mass is 769 g/mol. The third kappa shape index (κ3) is 18.2. The second-order valence-corrected chi connectivity index (χ2v) is 11.6. The van der Waals surface area contributed by atoms with Crippen molar-refractivity contribution in [2.45, 2.75) is 49.7 Å². The lowest BCUT2D eigenvalue weighted by Gasteiger charge is -2.17. The number of benzene rings is 3. The fourth-order valence-electron chi connectivity index (χ4n) is 4.78. The summed E-state index contributed by atoms with van der Waals surface area (Å²) in [5, 5.41) is 53.3. The van der Waals surface area contributed by atoms with Crippen molar-refractivity contribution in [1.29, 1.82) is 5.41 Å². The molecule has 1 amide bonds. The molecule has 3 unspecified atom stereocenters. The molecule has 19 heteroatoms. The van der Waals surface area contributed by atoms with E-state index in [1.54, 1.807) is 0 Å². The number of aliphatic carboxylic acids is 5. The minimum absolute atomic E-state index is 0.0643. The first-order valence-corrected chi connectivity index (χ1v) is 16.5. The fourth-order valence-corrected chi connectivity index (χ4v) is 4.78. The maximum atomic E-state index is 12.3. The average Bonchev–Trinajstić information content (AvgIpc) is 3.46. The van der Waals surface area contributed by atoms with Gasteiger partial charge in [0.05, 0.1) is 13.0 Å². The van der Waals surface area contributed by atoms with Gasteiger partial charge in [0.25, 0.3) is 0 Å². The molecule has 298 valence electrons. The Morgan fingerprint density at radius 3 is 1.64 bits per heavy atom. The summed E-state index contributed by atoms with van der Waals surface area (Å²) < 4.78 is 5.44. The van der Waals surface area contributed by atoms with E-state index in [1.165, 1.54) is 0 Å². The summed E-state index contributed by atoms with van der Waals surface area (Å²) in [5.41, 5.74) is 25.0. The van der Waals surface area contributed by atoms with E-state index in [1.807, 2.05) is 66.7 Å². The van der Waals surface area contributed by atoms with Gasteiger partial charge in [-0.1, -0.05) is 78.9 Å². The van der Waals surface area contributed by atoms with Crippen LogP contribution in [0.2, 0.25) is 0 Å². The van der Waals surface area contributed by atoms with Crippen LogP contribution < -0.4 is 33.6 Å². The van der Waals surface area contributed by atoms with Crippen LogP contribution in [-0.2, 0) is 35.1 Å². The van der Waals surface area contributed by atoms with Crippen molar-refractivity contribution in [3.8, 4) is 11.1 Å². The summed E-state index contributed by atoms with van der Waals surface area (Å²) in [6.45, 7) is 0.355. The van der Waals surface area contributed by atoms with Crippen molar-refractivity contribution < 1.29 is 59.0 Å². The quantitative estimate of drug-likeness (QED) is 0.0577. The molecule has 3 atom stereocenters. The van der Waals surface area contributed by atoms with Crippen LogP contribution in [0.15, 0.2) is 78.9 Å². The molecule has 1 aliphatic carbocycles. The number of carboxylic acids is 5. The summed E-state index contributed by atoms with van der Waals surface area (Å²) in [5.74, 6) is -5.74. The van der Waals surface area contributed by atoms with Crippen molar-refractivity contribution >= 4 is 41.9 Å². The molecule has 1 aliphatic rings. The summed E-state index contributed by atoms with van der Waals surface area (Å²) in [7, 11) is 0. The van der Waals surface area contributed by atoms with Crippen LogP contribution in [0, 0.1) is 5.41 Å². The fraction of sp³-hybridized carbons (Fsp3) is 0.306. The Kier molecular flexibility index (Phi) is 20.8. The standard InChI is InChI=1S/C24H21NO4.C6H14N4O2.C4H7NO4.C2H5NO2/c26-23(27)22(14-16-8-2-1-3-9-16)25-24(28)29-15-21-19-12-6-4-10-17(19)18-11-5-7-13-20(18)21;7-4(5(11)12)2-1-3-10-6(8)9;5-2(4(8)9)1-3(6)7;3-1-2(4)5/h1-13,21-22H,14-15H2,(H,25,28)(H,26,27);4H,1-3,7H2,(H,11,12)(H4,8,9,10);2H,1,5H2,(H,6,7)(H,8,9);1,3H2,(H,4,5). The number of nitrogens with two attached hydrogens (primary N) is 4. The molecule has 0 saturated heterocycles. The molecule has 19 nitrogen and oxygen atoms in total. The highest BCUT2D eigenvalue weighted by molar-refractivity contribution is 5.82. The minimum Gasteiger partial charge on any atom is -0.481 e. The number of carboxylic acid groups (broad SMARTS) is 5. The van der Waals surface area contributed by atoms with Crippen molar-refractivity contribution in [1.82, 2.24) is 10.6 Å². The molecule has 55 heavy (non-hydrogen) atoms. The lowest BCUT2D eigenvalue weighted by molar-refractivity contribution is -0.144. The van der Waals surface area contributed by atoms with Gasteiger partial charge in [0.15, 0.2) is 5.96 Å². The highest BCUT2D eigenvalue weighted by Crippen LogP contribution is 2.44. The molecule has 0 aliphatic heterocycles. The van der Waals surface area contributed by atoms with Crippen LogP contribution in [0.25, 0.3) is 11.1 Å². The minimum atomic E-state index is -1.29. The Labute approximate surface area is 315 Å². The van der Waals surface area contributed by atoms with Gasteiger partial charge in [-0.2, -0.15) is 0 Å². The van der Waals surface area contributed by atoms with Gasteiger partial charge in [-0.15, -0.1) is 0 Å².